The van der Waals surface area contributed by atoms with Crippen molar-refractivity contribution < 1.29 is 41.0 Å². The number of hydrogen-bond acceptors (Lipinski definition) is 5. The molecule has 5 nitrogen and oxygen atoms in total. The molecule has 0 aromatic carbocycles. The highest BCUT2D eigenvalue weighted by Gasteiger charge is 2.72. The molecule has 1 heterocycles. The van der Waals surface area contributed by atoms with Crippen LogP contribution in [0.2, 0.25) is 0 Å². The number of carbonyl (C=O) groups excluding carboxylic acids is 1. The number of alkyl halides is 6. The van der Waals surface area contributed by atoms with Gasteiger partial charge in [0.2, 0.25) is 0 Å². The molecule has 0 radical (unpaired) electrons. The maximum absolute atomic E-state index is 13.0. The van der Waals surface area contributed by atoms with E-state index in [9.17, 15) is 36.2 Å². The van der Waals surface area contributed by atoms with Crippen LogP contribution in [0.25, 0.3) is 0 Å². The van der Waals surface area contributed by atoms with Crippen molar-refractivity contribution in [1.29, 1.82) is 0 Å². The van der Waals surface area contributed by atoms with E-state index in [4.69, 9.17) is 0 Å². The summed E-state index contributed by atoms with van der Waals surface area (Å²) in [5, 5.41) is 8.67. The molecule has 24 heavy (non-hydrogen) atoms. The van der Waals surface area contributed by atoms with Crippen molar-refractivity contribution in [2.24, 2.45) is 4.99 Å². The average Bonchev–Trinajstić information content (AvgIpc) is 2.85. The van der Waals surface area contributed by atoms with Gasteiger partial charge in [0.25, 0.3) is 5.60 Å². The molecule has 0 aliphatic rings. The zero-order chi connectivity index (χ0) is 18.9. The molecular formula is C12H12F6N2O3S. The number of aliphatic imine (C=N–C) groups is 1. The highest BCUT2D eigenvalue weighted by atomic mass is 32.1. The summed E-state index contributed by atoms with van der Waals surface area (Å²) in [6, 6.07) is 0.278. The maximum atomic E-state index is 13.0. The van der Waals surface area contributed by atoms with Gasteiger partial charge in [0.05, 0.1) is 13.4 Å². The molecule has 0 amide bonds. The Morgan fingerprint density at radius 3 is 2.12 bits per heavy atom. The summed E-state index contributed by atoms with van der Waals surface area (Å²) in [5.41, 5.74) is -6.77. The van der Waals surface area contributed by atoms with E-state index in [0.29, 0.717) is 0 Å². The number of aliphatic hydroxyl groups is 1. The normalized spacial score (nSPS) is 13.4. The van der Waals surface area contributed by atoms with Crippen molar-refractivity contribution in [1.82, 2.24) is 4.90 Å². The Bertz CT molecular complexity index is 622. The molecule has 0 saturated heterocycles. The molecule has 0 fully saturated rings. The fraction of sp³-hybridized carbons (Fsp3) is 0.500. The second kappa shape index (κ2) is 6.59. The van der Waals surface area contributed by atoms with Crippen LogP contribution in [0.15, 0.2) is 11.1 Å². The first-order valence-corrected chi connectivity index (χ1v) is 6.86. The summed E-state index contributed by atoms with van der Waals surface area (Å²) in [5.74, 6) is -1.15. The first-order valence-electron chi connectivity index (χ1n) is 6.04. The summed E-state index contributed by atoms with van der Waals surface area (Å²) >= 11 is 0.234. The van der Waals surface area contributed by atoms with Gasteiger partial charge < -0.3 is 14.7 Å². The third-order valence-electron chi connectivity index (χ3n) is 2.72. The predicted octanol–water partition coefficient (Wildman–Crippen LogP) is 3.07. The molecule has 136 valence electrons. The van der Waals surface area contributed by atoms with E-state index in [1.54, 1.807) is 0 Å². The molecule has 0 aliphatic carbocycles. The van der Waals surface area contributed by atoms with Gasteiger partial charge in [-0.25, -0.2) is 9.79 Å². The Kier molecular flexibility index (Phi) is 5.55. The molecule has 1 rings (SSSR count). The highest BCUT2D eigenvalue weighted by molar-refractivity contribution is 7.17. The largest absolute Gasteiger partial charge is 0.465 e. The Hall–Kier alpha value is -1.82. The van der Waals surface area contributed by atoms with Crippen LogP contribution >= 0.6 is 11.3 Å². The van der Waals surface area contributed by atoms with E-state index >= 15 is 0 Å². The molecule has 1 N–H and O–H groups in total. The van der Waals surface area contributed by atoms with Crippen LogP contribution < -0.4 is 0 Å². The van der Waals surface area contributed by atoms with Crippen LogP contribution in [0.1, 0.15) is 15.2 Å². The number of ether oxygens (including phenoxy) is 1. The van der Waals surface area contributed by atoms with Gasteiger partial charge in [-0.1, -0.05) is 0 Å². The minimum Gasteiger partial charge on any atom is -0.465 e. The average molecular weight is 378 g/mol. The van der Waals surface area contributed by atoms with Crippen LogP contribution in [0.3, 0.4) is 0 Å². The number of hydrogen-bond donors (Lipinski definition) is 1. The van der Waals surface area contributed by atoms with Crippen LogP contribution in [0.4, 0.5) is 31.3 Å². The summed E-state index contributed by atoms with van der Waals surface area (Å²) < 4.78 is 82.4. The first-order chi connectivity index (χ1) is 10.8. The molecule has 1 aromatic heterocycles. The monoisotopic (exact) mass is 378 g/mol. The van der Waals surface area contributed by atoms with E-state index < -0.39 is 39.4 Å². The minimum atomic E-state index is -6.08. The molecule has 1 aromatic rings. The second-order valence-electron chi connectivity index (χ2n) is 4.74. The molecule has 12 heteroatoms. The minimum absolute atomic E-state index is 0.234. The Morgan fingerprint density at radius 1 is 1.25 bits per heavy atom. The number of thiophene rings is 1. The van der Waals surface area contributed by atoms with Gasteiger partial charge in [-0.15, -0.1) is 11.3 Å². The first kappa shape index (κ1) is 20.2. The lowest BCUT2D eigenvalue weighted by Crippen LogP contribution is -2.53. The fourth-order valence-electron chi connectivity index (χ4n) is 1.57. The fourth-order valence-corrected chi connectivity index (χ4v) is 2.54. The van der Waals surface area contributed by atoms with E-state index in [0.717, 1.165) is 13.4 Å². The summed E-state index contributed by atoms with van der Waals surface area (Å²) in [7, 11) is 3.76. The zero-order valence-electron chi connectivity index (χ0n) is 12.5. The van der Waals surface area contributed by atoms with E-state index in [2.05, 4.69) is 9.73 Å². The van der Waals surface area contributed by atoms with Crippen LogP contribution in [-0.4, -0.2) is 55.9 Å². The van der Waals surface area contributed by atoms with Crippen LogP contribution in [0, 0.1) is 0 Å². The molecular weight excluding hydrogens is 366 g/mol. The molecule has 0 bridgehead atoms. The lowest BCUT2D eigenvalue weighted by atomic mass is 9.93. The van der Waals surface area contributed by atoms with Gasteiger partial charge in [-0.3, -0.25) is 0 Å². The van der Waals surface area contributed by atoms with Crippen molar-refractivity contribution in [2.75, 3.05) is 21.2 Å². The van der Waals surface area contributed by atoms with Gasteiger partial charge >= 0.3 is 18.3 Å². The Balaban J connectivity index is 3.69. The maximum Gasteiger partial charge on any atom is 0.430 e. The molecule has 0 atom stereocenters. The predicted molar refractivity (Wildman–Crippen MR) is 73.5 cm³/mol. The second-order valence-corrected chi connectivity index (χ2v) is 5.77. The third kappa shape index (κ3) is 3.64. The van der Waals surface area contributed by atoms with Crippen LogP contribution in [-0.2, 0) is 10.3 Å². The quantitative estimate of drug-likeness (QED) is 0.379. The van der Waals surface area contributed by atoms with Gasteiger partial charge in [0.15, 0.2) is 0 Å². The lowest BCUT2D eigenvalue weighted by molar-refractivity contribution is -0.375. The van der Waals surface area contributed by atoms with E-state index in [-0.39, 0.29) is 17.4 Å². The number of nitrogens with zero attached hydrogens (tertiary/aromatic N) is 2. The zero-order valence-corrected chi connectivity index (χ0v) is 13.3. The Labute approximate surface area is 136 Å². The van der Waals surface area contributed by atoms with Gasteiger partial charge in [0.1, 0.15) is 9.88 Å². The number of halogens is 6. The number of rotatable bonds is 4. The third-order valence-corrected chi connectivity index (χ3v) is 3.74. The van der Waals surface area contributed by atoms with Crippen molar-refractivity contribution in [3.8, 4) is 0 Å². The van der Waals surface area contributed by atoms with E-state index in [1.165, 1.54) is 19.0 Å². The van der Waals surface area contributed by atoms with Crippen LogP contribution in [0.5, 0.6) is 0 Å². The molecule has 0 aliphatic heterocycles. The standard InChI is InChI=1S/C12H12F6N2O3S/c1-20(2)5-19-8-6(4-7(24-8)9(21)23-3)10(22,11(13,14)15)12(16,17)18/h4-5,22H,1-3H3/b19-5+. The number of esters is 1. The molecule has 0 saturated carbocycles. The van der Waals surface area contributed by atoms with Gasteiger partial charge in [0, 0.05) is 19.7 Å². The molecule has 0 spiro atoms. The SMILES string of the molecule is COC(=O)c1cc(C(O)(C(F)(F)F)C(F)(F)F)c(/N=C/N(C)C)s1. The van der Waals surface area contributed by atoms with Crippen molar-refractivity contribution >= 4 is 28.6 Å². The van der Waals surface area contributed by atoms with Crippen molar-refractivity contribution in [3.63, 3.8) is 0 Å². The summed E-state index contributed by atoms with van der Waals surface area (Å²) in [6.07, 6.45) is -11.2. The number of carbonyl (C=O) groups is 1. The van der Waals surface area contributed by atoms with Gasteiger partial charge in [-0.05, 0) is 6.07 Å². The molecule has 0 unspecified atom stereocenters. The number of methoxy groups -OCH3 is 1. The summed E-state index contributed by atoms with van der Waals surface area (Å²) in [6.45, 7) is 0. The lowest BCUT2D eigenvalue weighted by Gasteiger charge is -2.32. The Morgan fingerprint density at radius 2 is 1.75 bits per heavy atom. The summed E-state index contributed by atoms with van der Waals surface area (Å²) in [4.78, 5) is 15.6. The topological polar surface area (TPSA) is 62.1 Å². The van der Waals surface area contributed by atoms with Crippen molar-refractivity contribution in [3.05, 3.63) is 16.5 Å². The van der Waals surface area contributed by atoms with Gasteiger partial charge in [-0.2, -0.15) is 26.3 Å². The smallest absolute Gasteiger partial charge is 0.430 e. The highest BCUT2D eigenvalue weighted by Crippen LogP contribution is 2.54. The van der Waals surface area contributed by atoms with E-state index in [1.807, 2.05) is 0 Å². The van der Waals surface area contributed by atoms with Crippen molar-refractivity contribution in [2.45, 2.75) is 18.0 Å².